The van der Waals surface area contributed by atoms with E-state index in [-0.39, 0.29) is 5.41 Å². The molecular weight excluding hydrogens is 691 g/mol. The standard InChI is InChI=1S/C25H16.C16H13N3.C13H12/c1-5-13-21-17(9-1)18-10-2-6-14-22(18)25(21)23-15-7-3-11-19(23)20-12-4-8-16-24(20)25;1-12-17-15(13-8-4-2-5-9-13)19-16(18-12)14-10-6-3-7-11-14;1-11-6-5-9-13(10-11)12-7-3-2-4-8-12/h1-16H;2-11H,1H3;2-10H,1H3. The van der Waals surface area contributed by atoms with E-state index >= 15 is 0 Å². The van der Waals surface area contributed by atoms with Gasteiger partial charge >= 0.3 is 0 Å². The van der Waals surface area contributed by atoms with Crippen molar-refractivity contribution in [2.24, 2.45) is 0 Å². The van der Waals surface area contributed by atoms with Crippen molar-refractivity contribution < 1.29 is 0 Å². The van der Waals surface area contributed by atoms with Gasteiger partial charge in [0.2, 0.25) is 0 Å². The van der Waals surface area contributed by atoms with Gasteiger partial charge in [0, 0.05) is 11.1 Å². The highest BCUT2D eigenvalue weighted by Gasteiger charge is 2.51. The molecule has 0 atom stereocenters. The minimum absolute atomic E-state index is 0.180. The zero-order valence-electron chi connectivity index (χ0n) is 32.0. The Labute approximate surface area is 335 Å². The highest BCUT2D eigenvalue weighted by Crippen LogP contribution is 2.62. The molecule has 0 unspecified atom stereocenters. The number of hydrogen-bond donors (Lipinski definition) is 0. The van der Waals surface area contributed by atoms with Gasteiger partial charge in [-0.1, -0.05) is 218 Å². The van der Waals surface area contributed by atoms with Gasteiger partial charge in [0.25, 0.3) is 0 Å². The number of rotatable bonds is 3. The predicted octanol–water partition coefficient (Wildman–Crippen LogP) is 13.2. The van der Waals surface area contributed by atoms with E-state index in [4.69, 9.17) is 0 Å². The van der Waals surface area contributed by atoms with Crippen LogP contribution in [0, 0.1) is 13.8 Å². The fourth-order valence-electron chi connectivity index (χ4n) is 8.42. The van der Waals surface area contributed by atoms with Gasteiger partial charge in [0.15, 0.2) is 11.6 Å². The van der Waals surface area contributed by atoms with Gasteiger partial charge < -0.3 is 0 Å². The zero-order valence-corrected chi connectivity index (χ0v) is 32.0. The van der Waals surface area contributed by atoms with Crippen molar-refractivity contribution in [1.82, 2.24) is 15.0 Å². The van der Waals surface area contributed by atoms with E-state index in [0.717, 1.165) is 17.0 Å². The Morgan fingerprint density at radius 3 is 1.02 bits per heavy atom. The Hall–Kier alpha value is -7.23. The number of nitrogens with zero attached hydrogens (tertiary/aromatic N) is 3. The van der Waals surface area contributed by atoms with Crippen LogP contribution in [0.15, 0.2) is 212 Å². The molecule has 0 saturated heterocycles. The van der Waals surface area contributed by atoms with Crippen LogP contribution in [0.2, 0.25) is 0 Å². The minimum atomic E-state index is -0.180. The lowest BCUT2D eigenvalue weighted by atomic mass is 9.70. The summed E-state index contributed by atoms with van der Waals surface area (Å²) in [6.45, 7) is 4.01. The maximum absolute atomic E-state index is 4.55. The SMILES string of the molecule is Cc1cccc(-c2ccccc2)c1.Cc1nc(-c2ccccc2)nc(-c2ccccc2)n1.c1ccc2c(c1)-c1ccccc1C21c2ccccc2-c2ccccc21. The molecule has 0 radical (unpaired) electrons. The molecule has 0 fully saturated rings. The van der Waals surface area contributed by atoms with Gasteiger partial charge in [0.05, 0.1) is 5.41 Å². The molecule has 2 aliphatic carbocycles. The first kappa shape index (κ1) is 35.5. The van der Waals surface area contributed by atoms with Crippen LogP contribution in [0.25, 0.3) is 56.2 Å². The largest absolute Gasteiger partial charge is 0.213 e. The third-order valence-corrected chi connectivity index (χ3v) is 10.8. The van der Waals surface area contributed by atoms with Crippen molar-refractivity contribution in [3.8, 4) is 56.2 Å². The molecule has 3 heteroatoms. The quantitative estimate of drug-likeness (QED) is 0.182. The van der Waals surface area contributed by atoms with E-state index in [9.17, 15) is 0 Å². The summed E-state index contributed by atoms with van der Waals surface area (Å²) in [7, 11) is 0. The smallest absolute Gasteiger partial charge is 0.163 e. The van der Waals surface area contributed by atoms with Crippen LogP contribution in [-0.2, 0) is 5.41 Å². The average molecular weight is 732 g/mol. The number of aryl methyl sites for hydroxylation is 2. The molecule has 57 heavy (non-hydrogen) atoms. The van der Waals surface area contributed by atoms with Gasteiger partial charge in [0.1, 0.15) is 5.82 Å². The minimum Gasteiger partial charge on any atom is -0.213 e. The lowest BCUT2D eigenvalue weighted by molar-refractivity contribution is 0.794. The predicted molar refractivity (Wildman–Crippen MR) is 235 cm³/mol. The number of benzene rings is 8. The summed E-state index contributed by atoms with van der Waals surface area (Å²) < 4.78 is 0. The summed E-state index contributed by atoms with van der Waals surface area (Å²) in [5.74, 6) is 2.16. The molecule has 0 bridgehead atoms. The fraction of sp³-hybridized carbons (Fsp3) is 0.0556. The lowest BCUT2D eigenvalue weighted by Crippen LogP contribution is -2.25. The molecule has 1 aromatic heterocycles. The molecule has 11 rings (SSSR count). The molecule has 1 heterocycles. The van der Waals surface area contributed by atoms with Gasteiger partial charge in [-0.2, -0.15) is 0 Å². The molecule has 0 N–H and O–H groups in total. The first-order chi connectivity index (χ1) is 28.1. The normalized spacial score (nSPS) is 12.2. The van der Waals surface area contributed by atoms with Crippen molar-refractivity contribution >= 4 is 0 Å². The molecule has 272 valence electrons. The second-order valence-electron chi connectivity index (χ2n) is 14.4. The maximum Gasteiger partial charge on any atom is 0.163 e. The number of aromatic nitrogens is 3. The summed E-state index contributed by atoms with van der Waals surface area (Å²) in [5.41, 5.74) is 16.8. The molecular formula is C54H41N3. The van der Waals surface area contributed by atoms with Gasteiger partial charge in [-0.25, -0.2) is 15.0 Å². The van der Waals surface area contributed by atoms with Gasteiger partial charge in [-0.15, -0.1) is 0 Å². The Balaban J connectivity index is 0.000000118. The molecule has 8 aromatic carbocycles. The number of fused-ring (bicyclic) bond motifs is 10. The van der Waals surface area contributed by atoms with Crippen LogP contribution >= 0.6 is 0 Å². The number of hydrogen-bond acceptors (Lipinski definition) is 3. The van der Waals surface area contributed by atoms with E-state index in [1.54, 1.807) is 0 Å². The van der Waals surface area contributed by atoms with Crippen LogP contribution in [-0.4, -0.2) is 15.0 Å². The molecule has 0 amide bonds. The maximum atomic E-state index is 4.55. The van der Waals surface area contributed by atoms with E-state index in [2.05, 4.69) is 167 Å². The van der Waals surface area contributed by atoms with Crippen LogP contribution in [0.1, 0.15) is 33.6 Å². The van der Waals surface area contributed by atoms with Gasteiger partial charge in [-0.3, -0.25) is 0 Å². The van der Waals surface area contributed by atoms with E-state index < -0.39 is 0 Å². The van der Waals surface area contributed by atoms with Crippen LogP contribution in [0.5, 0.6) is 0 Å². The fourth-order valence-corrected chi connectivity index (χ4v) is 8.42. The summed E-state index contributed by atoms with van der Waals surface area (Å²) in [5, 5.41) is 0. The summed E-state index contributed by atoms with van der Waals surface area (Å²) in [4.78, 5) is 13.4. The van der Waals surface area contributed by atoms with Crippen molar-refractivity contribution in [3.05, 3.63) is 246 Å². The molecule has 0 aliphatic heterocycles. The third kappa shape index (κ3) is 6.64. The van der Waals surface area contributed by atoms with Crippen molar-refractivity contribution in [2.75, 3.05) is 0 Å². The summed E-state index contributed by atoms with van der Waals surface area (Å²) in [6, 6.07) is 74.6. The summed E-state index contributed by atoms with van der Waals surface area (Å²) in [6.07, 6.45) is 0. The highest BCUT2D eigenvalue weighted by atomic mass is 15.0. The second kappa shape index (κ2) is 15.5. The Bertz CT molecular complexity index is 2570. The zero-order chi connectivity index (χ0) is 38.6. The second-order valence-corrected chi connectivity index (χ2v) is 14.4. The van der Waals surface area contributed by atoms with E-state index in [0.29, 0.717) is 11.6 Å². The Kier molecular flexibility index (Phi) is 9.64. The van der Waals surface area contributed by atoms with Crippen LogP contribution in [0.4, 0.5) is 0 Å². The monoisotopic (exact) mass is 731 g/mol. The Morgan fingerprint density at radius 2 is 0.632 bits per heavy atom. The molecule has 1 spiro atoms. The summed E-state index contributed by atoms with van der Waals surface area (Å²) >= 11 is 0. The topological polar surface area (TPSA) is 38.7 Å². The molecule has 3 nitrogen and oxygen atoms in total. The lowest BCUT2D eigenvalue weighted by Gasteiger charge is -2.30. The van der Waals surface area contributed by atoms with Crippen molar-refractivity contribution in [1.29, 1.82) is 0 Å². The first-order valence-electron chi connectivity index (χ1n) is 19.5. The van der Waals surface area contributed by atoms with E-state index in [1.807, 2.05) is 73.7 Å². The highest BCUT2D eigenvalue weighted by molar-refractivity contribution is 5.94. The first-order valence-corrected chi connectivity index (χ1v) is 19.5. The molecule has 0 saturated carbocycles. The Morgan fingerprint density at radius 1 is 0.298 bits per heavy atom. The molecule has 9 aromatic rings. The average Bonchev–Trinajstić information content (AvgIpc) is 3.75. The van der Waals surface area contributed by atoms with Crippen molar-refractivity contribution in [3.63, 3.8) is 0 Å². The molecule has 2 aliphatic rings. The third-order valence-electron chi connectivity index (χ3n) is 10.8. The van der Waals surface area contributed by atoms with Gasteiger partial charge in [-0.05, 0) is 69.5 Å². The van der Waals surface area contributed by atoms with Crippen LogP contribution < -0.4 is 0 Å². The van der Waals surface area contributed by atoms with Crippen LogP contribution in [0.3, 0.4) is 0 Å². The van der Waals surface area contributed by atoms with Crippen molar-refractivity contribution in [2.45, 2.75) is 19.3 Å². The van der Waals surface area contributed by atoms with E-state index in [1.165, 1.54) is 61.2 Å².